The molecule has 0 atom stereocenters. The van der Waals surface area contributed by atoms with Gasteiger partial charge in [0, 0.05) is 55.1 Å². The second-order valence-corrected chi connectivity index (χ2v) is 12.8. The minimum Gasteiger partial charge on any atom is -0.512 e. The van der Waals surface area contributed by atoms with Crippen LogP contribution in [0.5, 0.6) is 0 Å². The number of aromatic nitrogens is 2. The number of hydrogen-bond donors (Lipinski definition) is 1. The van der Waals surface area contributed by atoms with Gasteiger partial charge in [0.2, 0.25) is 0 Å². The number of ketones is 1. The molecule has 0 spiro atoms. The van der Waals surface area contributed by atoms with Crippen LogP contribution in [0.15, 0.2) is 170 Å². The summed E-state index contributed by atoms with van der Waals surface area (Å²) in [5.74, 6) is -0.0625. The van der Waals surface area contributed by atoms with Crippen LogP contribution < -0.4 is 16.4 Å². The van der Waals surface area contributed by atoms with E-state index >= 15 is 0 Å². The van der Waals surface area contributed by atoms with E-state index in [9.17, 15) is 4.79 Å². The summed E-state index contributed by atoms with van der Waals surface area (Å²) in [6, 6.07) is 58.2. The van der Waals surface area contributed by atoms with E-state index in [0.717, 1.165) is 16.9 Å². The van der Waals surface area contributed by atoms with Gasteiger partial charge in [-0.05, 0) is 65.7 Å². The number of aliphatic hydroxyl groups is 1. The first-order chi connectivity index (χ1) is 25.0. The van der Waals surface area contributed by atoms with Gasteiger partial charge >= 0.3 is 0 Å². The Morgan fingerprint density at radius 2 is 1.25 bits per heavy atom. The number of hydrogen-bond acceptors (Lipinski definition) is 3. The van der Waals surface area contributed by atoms with E-state index in [1.54, 1.807) is 0 Å². The SMILES string of the molecule is CC(=O)/C=C(/C)O.[Pt].[c-]1cc(-n2c3ccccc3c3ccccc32)cc2c1-c1ncccc1B2c1c(-c2ccccc2)cccc1-c1ccccc1. The molecule has 0 saturated carbocycles. The summed E-state index contributed by atoms with van der Waals surface area (Å²) in [5, 5.41) is 10.9. The molecule has 6 heteroatoms. The summed E-state index contributed by atoms with van der Waals surface area (Å²) in [4.78, 5) is 15.0. The second kappa shape index (κ2) is 14.8. The average Bonchev–Trinajstić information content (AvgIpc) is 3.67. The summed E-state index contributed by atoms with van der Waals surface area (Å²) >= 11 is 0. The van der Waals surface area contributed by atoms with Crippen molar-refractivity contribution in [2.45, 2.75) is 13.8 Å². The second-order valence-electron chi connectivity index (χ2n) is 12.8. The number of rotatable bonds is 5. The Hall–Kier alpha value is -5.77. The van der Waals surface area contributed by atoms with Crippen molar-refractivity contribution in [1.82, 2.24) is 9.55 Å². The molecule has 8 aromatic rings. The monoisotopic (exact) mass is 852 g/mol. The van der Waals surface area contributed by atoms with Crippen LogP contribution in [-0.4, -0.2) is 27.2 Å². The van der Waals surface area contributed by atoms with Crippen molar-refractivity contribution in [2.24, 2.45) is 0 Å². The van der Waals surface area contributed by atoms with E-state index in [2.05, 4.69) is 162 Å². The molecule has 0 aliphatic carbocycles. The van der Waals surface area contributed by atoms with Gasteiger partial charge in [0.05, 0.1) is 5.76 Å². The Morgan fingerprint density at radius 1 is 0.692 bits per heavy atom. The molecule has 0 fully saturated rings. The molecule has 2 aromatic heterocycles. The first-order valence-electron chi connectivity index (χ1n) is 17.1. The fourth-order valence-electron chi connectivity index (χ4n) is 7.51. The Morgan fingerprint density at radius 3 is 1.79 bits per heavy atom. The van der Waals surface area contributed by atoms with E-state index in [-0.39, 0.29) is 39.3 Å². The van der Waals surface area contributed by atoms with Crippen LogP contribution in [0.25, 0.3) is 61.0 Å². The van der Waals surface area contributed by atoms with Crippen molar-refractivity contribution in [3.8, 4) is 39.2 Å². The summed E-state index contributed by atoms with van der Waals surface area (Å²) in [6.45, 7) is 2.84. The topological polar surface area (TPSA) is 55.1 Å². The van der Waals surface area contributed by atoms with Gasteiger partial charge in [-0.15, -0.1) is 29.2 Å². The van der Waals surface area contributed by atoms with Crippen LogP contribution in [0.4, 0.5) is 0 Å². The van der Waals surface area contributed by atoms with Crippen molar-refractivity contribution >= 4 is 50.7 Å². The largest absolute Gasteiger partial charge is 0.512 e. The molecule has 0 bridgehead atoms. The molecule has 52 heavy (non-hydrogen) atoms. The van der Waals surface area contributed by atoms with Gasteiger partial charge in [-0.2, -0.15) is 0 Å². The summed E-state index contributed by atoms with van der Waals surface area (Å²) in [7, 11) is 0. The van der Waals surface area contributed by atoms with E-state index in [0.29, 0.717) is 0 Å². The Bertz CT molecular complexity index is 2480. The molecule has 0 amide bonds. The molecule has 1 aliphatic rings. The van der Waals surface area contributed by atoms with Crippen molar-refractivity contribution in [2.75, 3.05) is 0 Å². The predicted octanol–water partition coefficient (Wildman–Crippen LogP) is 8.84. The number of aliphatic hydroxyl groups excluding tert-OH is 1. The molecule has 9 rings (SSSR count). The standard InChI is InChI=1S/C41H26BN2.C5H8O2.Pt/c1-3-13-28(14-4-1)31-19-11-20-32(29-15-5-2-6-16-29)40(31)42-36-21-12-26-43-41(36)35-25-24-30(27-37(35)42)44-38-22-9-7-17-33(38)34-18-8-10-23-39(34)44;1-4(6)3-5(2)7;/h1-24,26-27H;3,6H,1-2H3;/q-1;;/b;4-3-;. The summed E-state index contributed by atoms with van der Waals surface area (Å²) in [6.07, 6.45) is 3.07. The predicted molar refractivity (Wildman–Crippen MR) is 212 cm³/mol. The smallest absolute Gasteiger partial charge is 0.183 e. The van der Waals surface area contributed by atoms with Gasteiger partial charge in [-0.1, -0.05) is 132 Å². The zero-order chi connectivity index (χ0) is 34.9. The Kier molecular flexibility index (Phi) is 9.89. The summed E-state index contributed by atoms with van der Waals surface area (Å²) in [5.41, 5.74) is 14.2. The van der Waals surface area contributed by atoms with Gasteiger partial charge in [0.25, 0.3) is 0 Å². The zero-order valence-corrected chi connectivity index (χ0v) is 31.0. The van der Waals surface area contributed by atoms with Crippen molar-refractivity contribution in [3.63, 3.8) is 0 Å². The third-order valence-corrected chi connectivity index (χ3v) is 9.47. The van der Waals surface area contributed by atoms with Gasteiger partial charge in [-0.3, -0.25) is 4.79 Å². The molecular formula is C46H34BN2O2Pt-. The van der Waals surface area contributed by atoms with E-state index in [1.807, 2.05) is 6.20 Å². The number of para-hydroxylation sites is 2. The number of pyridine rings is 1. The quantitative estimate of drug-likeness (QED) is 0.0816. The van der Waals surface area contributed by atoms with Gasteiger partial charge < -0.3 is 14.7 Å². The maximum atomic E-state index is 10.0. The van der Waals surface area contributed by atoms with E-state index in [1.165, 1.54) is 80.4 Å². The third-order valence-electron chi connectivity index (χ3n) is 9.47. The number of carbonyl (C=O) groups is 1. The summed E-state index contributed by atoms with van der Waals surface area (Å²) < 4.78 is 2.39. The zero-order valence-electron chi connectivity index (χ0n) is 28.7. The molecule has 1 N–H and O–H groups in total. The maximum Gasteiger partial charge on any atom is 0.183 e. The first-order valence-corrected chi connectivity index (χ1v) is 17.1. The number of allylic oxidation sites excluding steroid dienone is 2. The fourth-order valence-corrected chi connectivity index (χ4v) is 7.51. The van der Waals surface area contributed by atoms with E-state index < -0.39 is 0 Å². The molecule has 254 valence electrons. The normalized spacial score (nSPS) is 11.7. The number of carbonyl (C=O) groups excluding carboxylic acids is 1. The Balaban J connectivity index is 0.000000481. The fraction of sp³-hybridized carbons (Fsp3) is 0.0435. The molecule has 0 radical (unpaired) electrons. The minimum absolute atomic E-state index is 0. The molecular weight excluding hydrogens is 818 g/mol. The number of fused-ring (bicyclic) bond motifs is 6. The third kappa shape index (κ3) is 6.34. The average molecular weight is 853 g/mol. The van der Waals surface area contributed by atoms with Crippen LogP contribution >= 0.6 is 0 Å². The van der Waals surface area contributed by atoms with Crippen molar-refractivity contribution in [1.29, 1.82) is 0 Å². The van der Waals surface area contributed by atoms with Crippen LogP contribution in [0.3, 0.4) is 0 Å². The molecule has 6 aromatic carbocycles. The van der Waals surface area contributed by atoms with Crippen LogP contribution in [0, 0.1) is 6.07 Å². The minimum atomic E-state index is -0.125. The molecule has 0 unspecified atom stereocenters. The molecule has 1 aliphatic heterocycles. The van der Waals surface area contributed by atoms with Crippen molar-refractivity contribution < 1.29 is 31.0 Å². The van der Waals surface area contributed by atoms with Gasteiger partial charge in [0.1, 0.15) is 0 Å². The molecule has 3 heterocycles. The maximum absolute atomic E-state index is 10.0. The van der Waals surface area contributed by atoms with Gasteiger partial charge in [-0.25, -0.2) is 0 Å². The molecule has 4 nitrogen and oxygen atoms in total. The van der Waals surface area contributed by atoms with Crippen LogP contribution in [0.1, 0.15) is 13.8 Å². The Labute approximate surface area is 318 Å². The van der Waals surface area contributed by atoms with Crippen LogP contribution in [-0.2, 0) is 25.9 Å². The number of benzene rings is 6. The number of nitrogens with zero attached hydrogens (tertiary/aromatic N) is 2. The molecule has 0 saturated heterocycles. The van der Waals surface area contributed by atoms with Gasteiger partial charge in [0.15, 0.2) is 12.5 Å². The first kappa shape index (κ1) is 34.7. The van der Waals surface area contributed by atoms with Crippen LogP contribution in [0.2, 0.25) is 0 Å². The van der Waals surface area contributed by atoms with E-state index in [4.69, 9.17) is 10.1 Å². The van der Waals surface area contributed by atoms with Crippen molar-refractivity contribution in [3.05, 3.63) is 176 Å².